The van der Waals surface area contributed by atoms with Gasteiger partial charge in [-0.05, 0) is 105 Å². The minimum atomic E-state index is -4.72. The van der Waals surface area contributed by atoms with E-state index in [2.05, 4.69) is 67.7 Å². The molecule has 2 heterocycles. The minimum Gasteiger partial charge on any atom is -0.399 e. The van der Waals surface area contributed by atoms with Crippen LogP contribution in [0.1, 0.15) is 26.7 Å². The normalized spacial score (nSPS) is 12.3. The lowest BCUT2D eigenvalue weighted by Crippen LogP contribution is -2.23. The first-order chi connectivity index (χ1) is 23.0. The summed E-state index contributed by atoms with van der Waals surface area (Å²) in [6.07, 6.45) is 4.64. The third-order valence-electron chi connectivity index (χ3n) is 6.12. The monoisotopic (exact) mass is 872 g/mol. The topological polar surface area (TPSA) is 222 Å². The van der Waals surface area contributed by atoms with Gasteiger partial charge in [0, 0.05) is 23.8 Å². The first kappa shape index (κ1) is 41.9. The number of rotatable bonds is 12. The van der Waals surface area contributed by atoms with Gasteiger partial charge < -0.3 is 31.9 Å². The fourth-order valence-corrected chi connectivity index (χ4v) is 5.04. The van der Waals surface area contributed by atoms with E-state index in [1.807, 2.05) is 13.8 Å². The van der Waals surface area contributed by atoms with Crippen molar-refractivity contribution in [3.63, 3.8) is 0 Å². The van der Waals surface area contributed by atoms with E-state index in [0.717, 1.165) is 41.6 Å². The van der Waals surface area contributed by atoms with Gasteiger partial charge in [0.2, 0.25) is 11.2 Å². The van der Waals surface area contributed by atoms with Crippen LogP contribution in [0.15, 0.2) is 79.7 Å². The average molecular weight is 875 g/mol. The fourth-order valence-electron chi connectivity index (χ4n) is 3.38. The molecule has 2 aromatic heterocycles. The number of nitrogens with zero attached hydrogens (tertiary/aromatic N) is 4. The summed E-state index contributed by atoms with van der Waals surface area (Å²) in [4.78, 5) is 15.4. The van der Waals surface area contributed by atoms with E-state index in [9.17, 15) is 29.7 Å². The molecule has 268 valence electrons. The summed E-state index contributed by atoms with van der Waals surface area (Å²) < 4.78 is 68.5. The highest BCUT2D eigenvalue weighted by Crippen LogP contribution is 2.24. The number of aromatic nitrogens is 4. The molecule has 14 nitrogen and oxygen atoms in total. The molecule has 0 radical (unpaired) electrons. The maximum atomic E-state index is 12.9. The van der Waals surface area contributed by atoms with E-state index in [4.69, 9.17) is 22.4 Å². The fraction of sp³-hybridized carbons (Fsp3) is 0.286. The van der Waals surface area contributed by atoms with Crippen molar-refractivity contribution in [2.24, 2.45) is 0 Å². The highest BCUT2D eigenvalue weighted by Gasteiger charge is 2.13. The molecule has 7 N–H and O–H groups in total. The standard InChI is InChI=1S/C14H16BrFN4O3S.C8H11BrClN3O.C6H6FNO2S/c1-2-9(8-21)18-13-12(15)7-17-14(20-13)19-10-3-5-11(6-4-10)24(16,22)23;1-2-5(4-14)12-7-6(9)3-11-8(10)13-7;7-11(9,10)6-3-1-5(8)2-4-6/h3-7,9,21H,2,8H2,1H3,(H2,17,18,19,20);3,5,14H,2,4H2,1H3,(H,11,12,13);1-4H,8H2/t9-;5-;/m11./s1. The summed E-state index contributed by atoms with van der Waals surface area (Å²) in [5.41, 5.74) is 6.16. The summed E-state index contributed by atoms with van der Waals surface area (Å²) in [6, 6.07) is 9.84. The van der Waals surface area contributed by atoms with Crippen LogP contribution in [0.5, 0.6) is 0 Å². The number of aliphatic hydroxyl groups is 2. The predicted molar refractivity (Wildman–Crippen MR) is 191 cm³/mol. The number of hydrogen-bond acceptors (Lipinski definition) is 14. The quantitative estimate of drug-likeness (QED) is 0.0561. The summed E-state index contributed by atoms with van der Waals surface area (Å²) in [5.74, 6) is 1.38. The SMILES string of the molecule is CC[C@H](CO)Nc1nc(Cl)ncc1Br.CC[C@H](CO)Nc1nc(Nc2ccc(S(=O)(=O)F)cc2)ncc1Br.Nc1ccc(S(=O)(=O)F)cc1. The van der Waals surface area contributed by atoms with Crippen molar-refractivity contribution in [1.29, 1.82) is 0 Å². The smallest absolute Gasteiger partial charge is 0.332 e. The minimum absolute atomic E-state index is 0.0164. The van der Waals surface area contributed by atoms with Crippen LogP contribution in [-0.2, 0) is 20.4 Å². The van der Waals surface area contributed by atoms with Crippen LogP contribution in [-0.4, -0.2) is 72.3 Å². The molecule has 21 heteroatoms. The van der Waals surface area contributed by atoms with E-state index in [1.165, 1.54) is 24.3 Å². The molecule has 49 heavy (non-hydrogen) atoms. The Balaban J connectivity index is 0.000000282. The molecule has 0 unspecified atom stereocenters. The number of halogens is 5. The number of nitrogens with two attached hydrogens (primary N) is 1. The number of nitrogens with one attached hydrogen (secondary N) is 3. The Morgan fingerprint density at radius 1 is 0.776 bits per heavy atom. The number of nitrogen functional groups attached to an aromatic ring is 1. The lowest BCUT2D eigenvalue weighted by molar-refractivity contribution is 0.271. The zero-order valence-corrected chi connectivity index (χ0v) is 31.4. The molecule has 0 amide bonds. The highest BCUT2D eigenvalue weighted by atomic mass is 79.9. The van der Waals surface area contributed by atoms with E-state index < -0.39 is 25.3 Å². The maximum absolute atomic E-state index is 12.9. The first-order valence-electron chi connectivity index (χ1n) is 14.1. The van der Waals surface area contributed by atoms with Crippen LogP contribution in [0.4, 0.5) is 36.7 Å². The molecule has 0 aliphatic carbocycles. The molecular weight excluding hydrogens is 842 g/mol. The lowest BCUT2D eigenvalue weighted by Gasteiger charge is -2.16. The Bertz CT molecular complexity index is 1860. The Labute approximate surface area is 304 Å². The van der Waals surface area contributed by atoms with E-state index >= 15 is 0 Å². The number of hydrogen-bond donors (Lipinski definition) is 6. The van der Waals surface area contributed by atoms with Gasteiger partial charge in [-0.2, -0.15) is 26.8 Å². The van der Waals surface area contributed by atoms with Crippen LogP contribution in [0.25, 0.3) is 0 Å². The van der Waals surface area contributed by atoms with Crippen molar-refractivity contribution in [3.8, 4) is 0 Å². The molecule has 4 rings (SSSR count). The molecule has 0 aliphatic heterocycles. The third kappa shape index (κ3) is 14.6. The molecule has 2 atom stereocenters. The van der Waals surface area contributed by atoms with Crippen molar-refractivity contribution in [1.82, 2.24) is 19.9 Å². The second-order valence-electron chi connectivity index (χ2n) is 9.68. The second kappa shape index (κ2) is 19.8. The number of benzene rings is 2. The van der Waals surface area contributed by atoms with Crippen LogP contribution in [0, 0.1) is 0 Å². The van der Waals surface area contributed by atoms with Crippen LogP contribution in [0.2, 0.25) is 5.28 Å². The summed E-state index contributed by atoms with van der Waals surface area (Å²) >= 11 is 12.3. The van der Waals surface area contributed by atoms with Gasteiger partial charge in [0.05, 0.1) is 44.0 Å². The first-order valence-corrected chi connectivity index (χ1v) is 18.8. The number of anilines is 5. The van der Waals surface area contributed by atoms with E-state index in [0.29, 0.717) is 27.5 Å². The van der Waals surface area contributed by atoms with Gasteiger partial charge in [0.25, 0.3) is 0 Å². The third-order valence-corrected chi connectivity index (χ3v) is 9.13. The van der Waals surface area contributed by atoms with Gasteiger partial charge in [-0.25, -0.2) is 9.97 Å². The molecule has 4 aromatic rings. The Hall–Kier alpha value is -3.27. The molecule has 0 saturated heterocycles. The van der Waals surface area contributed by atoms with E-state index in [-0.39, 0.29) is 41.4 Å². The maximum Gasteiger partial charge on any atom is 0.332 e. The van der Waals surface area contributed by atoms with Gasteiger partial charge in [-0.1, -0.05) is 13.8 Å². The zero-order chi connectivity index (χ0) is 36.8. The molecule has 2 aromatic carbocycles. The number of aliphatic hydroxyl groups excluding tert-OH is 2. The van der Waals surface area contributed by atoms with Gasteiger partial charge >= 0.3 is 20.4 Å². The Kier molecular flexibility index (Phi) is 16.9. The molecule has 0 aliphatic rings. The van der Waals surface area contributed by atoms with E-state index in [1.54, 1.807) is 12.4 Å². The molecular formula is C28H33Br2ClF2N8O6S2. The predicted octanol–water partition coefficient (Wildman–Crippen LogP) is 5.83. The van der Waals surface area contributed by atoms with Crippen molar-refractivity contribution < 1.29 is 34.8 Å². The van der Waals surface area contributed by atoms with Crippen LogP contribution >= 0.6 is 43.5 Å². The Morgan fingerprint density at radius 3 is 1.63 bits per heavy atom. The average Bonchev–Trinajstić information content (AvgIpc) is 3.05. The summed E-state index contributed by atoms with van der Waals surface area (Å²) in [7, 11) is -9.30. The van der Waals surface area contributed by atoms with Gasteiger partial charge in [0.15, 0.2) is 0 Å². The largest absolute Gasteiger partial charge is 0.399 e. The second-order valence-corrected chi connectivity index (χ2v) is 14.4. The van der Waals surface area contributed by atoms with Gasteiger partial charge in [-0.3, -0.25) is 0 Å². The molecule has 0 spiro atoms. The van der Waals surface area contributed by atoms with Gasteiger partial charge in [-0.15, -0.1) is 7.77 Å². The van der Waals surface area contributed by atoms with Crippen molar-refractivity contribution in [2.45, 2.75) is 48.6 Å². The summed E-state index contributed by atoms with van der Waals surface area (Å²) in [5, 5.41) is 27.5. The lowest BCUT2D eigenvalue weighted by atomic mass is 10.2. The zero-order valence-electron chi connectivity index (χ0n) is 25.9. The van der Waals surface area contributed by atoms with Crippen LogP contribution in [0.3, 0.4) is 0 Å². The van der Waals surface area contributed by atoms with Crippen LogP contribution < -0.4 is 21.7 Å². The molecule has 0 fully saturated rings. The molecule has 0 saturated carbocycles. The van der Waals surface area contributed by atoms with Crippen molar-refractivity contribution in [2.75, 3.05) is 34.9 Å². The summed E-state index contributed by atoms with van der Waals surface area (Å²) in [6.45, 7) is 3.94. The van der Waals surface area contributed by atoms with Crippen molar-refractivity contribution >= 4 is 92.9 Å². The highest BCUT2D eigenvalue weighted by molar-refractivity contribution is 9.11. The molecule has 0 bridgehead atoms. The van der Waals surface area contributed by atoms with Crippen molar-refractivity contribution in [3.05, 3.63) is 75.2 Å². The van der Waals surface area contributed by atoms with Gasteiger partial charge in [0.1, 0.15) is 11.6 Å². The Morgan fingerprint density at radius 2 is 1.20 bits per heavy atom.